The summed E-state index contributed by atoms with van der Waals surface area (Å²) in [6, 6.07) is 5.63. The van der Waals surface area contributed by atoms with Gasteiger partial charge in [-0.15, -0.1) is 0 Å². The van der Waals surface area contributed by atoms with Crippen molar-refractivity contribution in [3.05, 3.63) is 47.2 Å². The Bertz CT molecular complexity index is 967. The van der Waals surface area contributed by atoms with E-state index >= 15 is 0 Å². The summed E-state index contributed by atoms with van der Waals surface area (Å²) in [6.45, 7) is 0.171. The number of hydrogen-bond donors (Lipinski definition) is 4. The number of nitrogens with two attached hydrogens (primary N) is 2. The number of nitrogens with one attached hydrogen (secondary N) is 1. The molecule has 1 aromatic carbocycles. The van der Waals surface area contributed by atoms with E-state index in [9.17, 15) is 18.2 Å². The van der Waals surface area contributed by atoms with Crippen molar-refractivity contribution in [1.29, 1.82) is 0 Å². The summed E-state index contributed by atoms with van der Waals surface area (Å²) in [5, 5.41) is 11.9. The maximum absolute atomic E-state index is 12.8. The van der Waals surface area contributed by atoms with E-state index in [0.717, 1.165) is 5.56 Å². The molecule has 0 unspecified atom stereocenters. The number of anilines is 1. The van der Waals surface area contributed by atoms with Crippen LogP contribution in [0.25, 0.3) is 0 Å². The topological polar surface area (TPSA) is 158 Å². The normalized spacial score (nSPS) is 13.5. The maximum Gasteiger partial charge on any atom is 0.491 e. The van der Waals surface area contributed by atoms with Crippen LogP contribution in [0.5, 0.6) is 0 Å². The Morgan fingerprint density at radius 2 is 2.15 bits per heavy atom. The Labute approximate surface area is 150 Å². The minimum atomic E-state index is -3.82. The number of carbonyl (C=O) groups is 1. The van der Waals surface area contributed by atoms with E-state index in [-0.39, 0.29) is 35.2 Å². The molecule has 0 saturated heterocycles. The second kappa shape index (κ2) is 6.94. The fourth-order valence-electron chi connectivity index (χ4n) is 2.75. The van der Waals surface area contributed by atoms with Gasteiger partial charge in [0.25, 0.3) is 0 Å². The van der Waals surface area contributed by atoms with Gasteiger partial charge in [0.05, 0.1) is 24.2 Å². The smallest absolute Gasteiger partial charge is 0.423 e. The van der Waals surface area contributed by atoms with Gasteiger partial charge in [0, 0.05) is 12.1 Å². The lowest BCUT2D eigenvalue weighted by molar-refractivity contribution is 0.248. The average Bonchev–Trinajstić information content (AvgIpc) is 2.93. The van der Waals surface area contributed by atoms with Gasteiger partial charge >= 0.3 is 13.1 Å². The molecule has 2 heterocycles. The molecule has 1 aliphatic heterocycles. The van der Waals surface area contributed by atoms with Crippen LogP contribution in [0, 0.1) is 0 Å². The minimum absolute atomic E-state index is 0.112. The molecule has 0 atom stereocenters. The van der Waals surface area contributed by atoms with Gasteiger partial charge in [0.2, 0.25) is 0 Å². The largest absolute Gasteiger partial charge is 0.491 e. The summed E-state index contributed by atoms with van der Waals surface area (Å²) in [7, 11) is -4.88. The van der Waals surface area contributed by atoms with Gasteiger partial charge < -0.3 is 26.5 Å². The van der Waals surface area contributed by atoms with Gasteiger partial charge in [-0.2, -0.15) is 0 Å². The summed E-state index contributed by atoms with van der Waals surface area (Å²) < 4.78 is 30.7. The maximum atomic E-state index is 12.8. The SMILES string of the molecule is NC(=O)NCc1cc(N)cnc1S(=O)(=O)Cc1ccc2c(c1)B(O)OC2. The van der Waals surface area contributed by atoms with Crippen molar-refractivity contribution in [2.45, 2.75) is 23.9 Å². The number of nitrogen functional groups attached to an aromatic ring is 1. The fraction of sp³-hybridized carbons (Fsp3) is 0.200. The summed E-state index contributed by atoms with van der Waals surface area (Å²) in [6.07, 6.45) is 1.24. The minimum Gasteiger partial charge on any atom is -0.423 e. The number of rotatable bonds is 5. The molecule has 26 heavy (non-hydrogen) atoms. The molecule has 1 aliphatic rings. The van der Waals surface area contributed by atoms with Crippen molar-refractivity contribution in [3.63, 3.8) is 0 Å². The average molecular weight is 376 g/mol. The summed E-state index contributed by atoms with van der Waals surface area (Å²) in [5.74, 6) is -0.326. The van der Waals surface area contributed by atoms with Crippen molar-refractivity contribution in [2.75, 3.05) is 5.73 Å². The Kier molecular flexibility index (Phi) is 4.85. The third kappa shape index (κ3) is 3.79. The molecule has 1 aromatic heterocycles. The van der Waals surface area contributed by atoms with Gasteiger partial charge in [-0.3, -0.25) is 0 Å². The molecule has 136 valence electrons. The molecular weight excluding hydrogens is 359 g/mol. The lowest BCUT2D eigenvalue weighted by atomic mass is 9.79. The van der Waals surface area contributed by atoms with E-state index in [1.807, 2.05) is 0 Å². The number of pyridine rings is 1. The molecule has 2 amide bonds. The quantitative estimate of drug-likeness (QED) is 0.489. The van der Waals surface area contributed by atoms with Gasteiger partial charge in [-0.25, -0.2) is 18.2 Å². The first-order valence-corrected chi connectivity index (χ1v) is 9.33. The summed E-state index contributed by atoms with van der Waals surface area (Å²) >= 11 is 0. The number of amides is 2. The van der Waals surface area contributed by atoms with Crippen LogP contribution in [0.3, 0.4) is 0 Å². The number of hydrogen-bond acceptors (Lipinski definition) is 7. The second-order valence-electron chi connectivity index (χ2n) is 5.91. The van der Waals surface area contributed by atoms with Crippen molar-refractivity contribution in [1.82, 2.24) is 10.3 Å². The zero-order valence-corrected chi connectivity index (χ0v) is 14.5. The van der Waals surface area contributed by atoms with Crippen LogP contribution in [-0.2, 0) is 33.4 Å². The highest BCUT2D eigenvalue weighted by Gasteiger charge is 2.28. The van der Waals surface area contributed by atoms with Crippen molar-refractivity contribution in [3.8, 4) is 0 Å². The van der Waals surface area contributed by atoms with Gasteiger partial charge in [0.1, 0.15) is 0 Å². The number of nitrogens with zero attached hydrogens (tertiary/aromatic N) is 1. The lowest BCUT2D eigenvalue weighted by Gasteiger charge is -2.11. The number of primary amides is 1. The third-order valence-electron chi connectivity index (χ3n) is 3.92. The molecule has 0 bridgehead atoms. The van der Waals surface area contributed by atoms with E-state index in [1.54, 1.807) is 18.2 Å². The number of carbonyl (C=O) groups excluding carboxylic acids is 1. The fourth-order valence-corrected chi connectivity index (χ4v) is 4.25. The Hall–Kier alpha value is -2.63. The molecule has 11 heteroatoms. The van der Waals surface area contributed by atoms with Crippen molar-refractivity contribution < 1.29 is 22.9 Å². The van der Waals surface area contributed by atoms with Gasteiger partial charge in [-0.05, 0) is 22.7 Å². The zero-order chi connectivity index (χ0) is 18.9. The predicted octanol–water partition coefficient (Wildman–Crippen LogP) is -0.976. The monoisotopic (exact) mass is 376 g/mol. The zero-order valence-electron chi connectivity index (χ0n) is 13.7. The standard InChI is InChI=1S/C15H17BN4O5S/c17-12-4-11(5-20-15(18)21)14(19-6-12)26(23,24)8-9-1-2-10-7-25-16(22)13(10)3-9/h1-4,6,22H,5,7-8,17H2,(H3,18,20,21). The molecule has 0 aliphatic carbocycles. The Morgan fingerprint density at radius 3 is 2.88 bits per heavy atom. The van der Waals surface area contributed by atoms with E-state index in [2.05, 4.69) is 10.3 Å². The molecule has 2 aromatic rings. The van der Waals surface area contributed by atoms with Crippen LogP contribution in [0.4, 0.5) is 10.5 Å². The van der Waals surface area contributed by atoms with Crippen LogP contribution in [0.1, 0.15) is 16.7 Å². The third-order valence-corrected chi connectivity index (χ3v) is 5.59. The first kappa shape index (κ1) is 18.2. The van der Waals surface area contributed by atoms with E-state index in [4.69, 9.17) is 16.1 Å². The number of fused-ring (bicyclic) bond motifs is 1. The number of aromatic nitrogens is 1. The first-order valence-electron chi connectivity index (χ1n) is 7.68. The van der Waals surface area contributed by atoms with Crippen LogP contribution in [-0.4, -0.2) is 31.6 Å². The van der Waals surface area contributed by atoms with E-state index < -0.39 is 23.0 Å². The molecule has 6 N–H and O–H groups in total. The molecule has 3 rings (SSSR count). The van der Waals surface area contributed by atoms with Crippen LogP contribution >= 0.6 is 0 Å². The van der Waals surface area contributed by atoms with E-state index in [1.165, 1.54) is 12.3 Å². The van der Waals surface area contributed by atoms with Crippen LogP contribution in [0.15, 0.2) is 35.5 Å². The Balaban J connectivity index is 1.91. The first-order chi connectivity index (χ1) is 12.3. The lowest BCUT2D eigenvalue weighted by Crippen LogP contribution is -2.30. The molecule has 0 fully saturated rings. The summed E-state index contributed by atoms with van der Waals surface area (Å²) in [5.41, 5.74) is 13.1. The number of urea groups is 1. The predicted molar refractivity (Wildman–Crippen MR) is 94.8 cm³/mol. The van der Waals surface area contributed by atoms with Gasteiger partial charge in [-0.1, -0.05) is 18.2 Å². The van der Waals surface area contributed by atoms with Crippen molar-refractivity contribution >= 4 is 34.1 Å². The highest BCUT2D eigenvalue weighted by molar-refractivity contribution is 7.90. The molecule has 9 nitrogen and oxygen atoms in total. The molecule has 0 radical (unpaired) electrons. The van der Waals surface area contributed by atoms with E-state index in [0.29, 0.717) is 11.0 Å². The summed E-state index contributed by atoms with van der Waals surface area (Å²) in [4.78, 5) is 14.9. The molecule has 0 saturated carbocycles. The number of sulfone groups is 1. The molecule has 0 spiro atoms. The van der Waals surface area contributed by atoms with Crippen LogP contribution < -0.4 is 22.2 Å². The van der Waals surface area contributed by atoms with Gasteiger partial charge in [0.15, 0.2) is 14.9 Å². The Morgan fingerprint density at radius 1 is 1.38 bits per heavy atom. The second-order valence-corrected chi connectivity index (χ2v) is 7.81. The van der Waals surface area contributed by atoms with Crippen LogP contribution in [0.2, 0.25) is 0 Å². The number of benzene rings is 1. The molecular formula is C15H17BN4O5S. The van der Waals surface area contributed by atoms with Crippen molar-refractivity contribution in [2.24, 2.45) is 5.73 Å². The highest BCUT2D eigenvalue weighted by atomic mass is 32.2. The highest BCUT2D eigenvalue weighted by Crippen LogP contribution is 2.21.